The number of anilines is 1. The van der Waals surface area contributed by atoms with Crippen molar-refractivity contribution >= 4 is 44.2 Å². The lowest BCUT2D eigenvalue weighted by Gasteiger charge is -2.30. The molecule has 1 unspecified atom stereocenters. The second-order valence-electron chi connectivity index (χ2n) is 9.69. The van der Waals surface area contributed by atoms with Gasteiger partial charge in [0.1, 0.15) is 5.92 Å². The van der Waals surface area contributed by atoms with Gasteiger partial charge in [-0.3, -0.25) is 14.4 Å². The molecule has 0 aliphatic carbocycles. The topological polar surface area (TPSA) is 122 Å². The number of fused-ring (bicyclic) bond motifs is 1. The minimum atomic E-state index is -4.24. The number of ether oxygens (including phenoxy) is 1. The van der Waals surface area contributed by atoms with E-state index >= 15 is 0 Å². The molecule has 0 bridgehead atoms. The van der Waals surface area contributed by atoms with E-state index < -0.39 is 27.8 Å². The lowest BCUT2D eigenvalue weighted by atomic mass is 9.96. The zero-order valence-corrected chi connectivity index (χ0v) is 23.0. The number of sulfonamides is 1. The molecule has 1 fully saturated rings. The molecular formula is C31H29N3O6S. The predicted molar refractivity (Wildman–Crippen MR) is 155 cm³/mol. The molecule has 2 N–H and O–H groups in total. The van der Waals surface area contributed by atoms with Crippen LogP contribution in [-0.4, -0.2) is 57.3 Å². The number of rotatable bonds is 8. The summed E-state index contributed by atoms with van der Waals surface area (Å²) in [6.07, 6.45) is -0.0256. The standard InChI is InChI=1S/C31H29N3O6S/c35-29(24-7-2-1-3-8-24)32-26-13-10-22(11-14-26)20-28(31(37)34-16-18-40-19-17-34)30(36)33-41(38,39)27-15-12-23-6-4-5-9-25(23)21-27/h1-15,21,28H,16-20H2,(H,32,35)(H,33,36). The number of hydrogen-bond acceptors (Lipinski definition) is 6. The maximum absolute atomic E-state index is 13.5. The van der Waals surface area contributed by atoms with Crippen LogP contribution in [0.15, 0.2) is 102 Å². The Balaban J connectivity index is 1.34. The van der Waals surface area contributed by atoms with E-state index in [0.717, 1.165) is 5.39 Å². The Morgan fingerprint density at radius 1 is 0.805 bits per heavy atom. The molecule has 1 aliphatic heterocycles. The van der Waals surface area contributed by atoms with E-state index in [9.17, 15) is 22.8 Å². The maximum Gasteiger partial charge on any atom is 0.264 e. The predicted octanol–water partition coefficient (Wildman–Crippen LogP) is 3.61. The van der Waals surface area contributed by atoms with Gasteiger partial charge in [0.25, 0.3) is 15.9 Å². The third-order valence-electron chi connectivity index (χ3n) is 6.89. The molecule has 1 atom stereocenters. The average molecular weight is 572 g/mol. The van der Waals surface area contributed by atoms with E-state index in [1.807, 2.05) is 18.2 Å². The summed E-state index contributed by atoms with van der Waals surface area (Å²) in [7, 11) is -4.24. The number of hydrogen-bond donors (Lipinski definition) is 2. The first-order valence-corrected chi connectivity index (χ1v) is 14.7. The highest BCUT2D eigenvalue weighted by atomic mass is 32.2. The largest absolute Gasteiger partial charge is 0.378 e. The Labute approximate surface area is 238 Å². The van der Waals surface area contributed by atoms with Crippen molar-refractivity contribution < 1.29 is 27.5 Å². The van der Waals surface area contributed by atoms with Crippen LogP contribution in [0, 0.1) is 5.92 Å². The van der Waals surface area contributed by atoms with Gasteiger partial charge >= 0.3 is 0 Å². The lowest BCUT2D eigenvalue weighted by molar-refractivity contribution is -0.144. The molecule has 41 heavy (non-hydrogen) atoms. The van der Waals surface area contributed by atoms with Crippen LogP contribution in [-0.2, 0) is 30.8 Å². The fraction of sp³-hybridized carbons (Fsp3) is 0.194. The summed E-state index contributed by atoms with van der Waals surface area (Å²) in [6.45, 7) is 1.30. The number of carbonyl (C=O) groups is 3. The average Bonchev–Trinajstić information content (AvgIpc) is 3.00. The fourth-order valence-electron chi connectivity index (χ4n) is 4.65. The van der Waals surface area contributed by atoms with Gasteiger partial charge in [-0.15, -0.1) is 0 Å². The summed E-state index contributed by atoms with van der Waals surface area (Å²) in [5, 5.41) is 4.39. The molecule has 1 heterocycles. The van der Waals surface area contributed by atoms with Crippen molar-refractivity contribution in [1.29, 1.82) is 0 Å². The Morgan fingerprint density at radius 3 is 2.17 bits per heavy atom. The molecule has 5 rings (SSSR count). The molecular weight excluding hydrogens is 542 g/mol. The smallest absolute Gasteiger partial charge is 0.264 e. The first kappa shape index (κ1) is 28.0. The van der Waals surface area contributed by atoms with Gasteiger partial charge in [-0.05, 0) is 59.2 Å². The normalized spacial score (nSPS) is 14.3. The Kier molecular flexibility index (Phi) is 8.42. The number of carbonyl (C=O) groups excluding carboxylic acids is 3. The Hall–Kier alpha value is -4.54. The van der Waals surface area contributed by atoms with Gasteiger partial charge < -0.3 is 15.0 Å². The highest BCUT2D eigenvalue weighted by Gasteiger charge is 2.34. The van der Waals surface area contributed by atoms with E-state index in [2.05, 4.69) is 10.0 Å². The van der Waals surface area contributed by atoms with Crippen LogP contribution in [0.2, 0.25) is 0 Å². The van der Waals surface area contributed by atoms with Crippen LogP contribution in [0.25, 0.3) is 10.8 Å². The Bertz CT molecular complexity index is 1670. The van der Waals surface area contributed by atoms with Crippen molar-refractivity contribution in [2.45, 2.75) is 11.3 Å². The van der Waals surface area contributed by atoms with E-state index in [0.29, 0.717) is 48.5 Å². The summed E-state index contributed by atoms with van der Waals surface area (Å²) in [5.74, 6) is -2.93. The Morgan fingerprint density at radius 2 is 1.46 bits per heavy atom. The van der Waals surface area contributed by atoms with E-state index in [4.69, 9.17) is 4.74 Å². The van der Waals surface area contributed by atoms with Gasteiger partial charge in [0.05, 0.1) is 18.1 Å². The van der Waals surface area contributed by atoms with Crippen LogP contribution in [0.3, 0.4) is 0 Å². The number of morpholine rings is 1. The molecule has 0 saturated carbocycles. The van der Waals surface area contributed by atoms with Crippen LogP contribution in [0.4, 0.5) is 5.69 Å². The molecule has 0 radical (unpaired) electrons. The first-order valence-electron chi connectivity index (χ1n) is 13.2. The van der Waals surface area contributed by atoms with Gasteiger partial charge in [-0.25, -0.2) is 13.1 Å². The molecule has 4 aromatic carbocycles. The van der Waals surface area contributed by atoms with Gasteiger partial charge in [-0.2, -0.15) is 0 Å². The molecule has 0 aromatic heterocycles. The zero-order chi connectivity index (χ0) is 28.8. The number of amides is 3. The summed E-state index contributed by atoms with van der Waals surface area (Å²) >= 11 is 0. The molecule has 3 amide bonds. The molecule has 10 heteroatoms. The quantitative estimate of drug-likeness (QED) is 0.312. The van der Waals surface area contributed by atoms with Crippen molar-refractivity contribution in [2.24, 2.45) is 5.92 Å². The van der Waals surface area contributed by atoms with Crippen molar-refractivity contribution in [3.63, 3.8) is 0 Å². The number of nitrogens with one attached hydrogen (secondary N) is 2. The second-order valence-corrected chi connectivity index (χ2v) is 11.4. The third kappa shape index (κ3) is 6.79. The summed E-state index contributed by atoms with van der Waals surface area (Å²) in [4.78, 5) is 40.8. The van der Waals surface area contributed by atoms with Gasteiger partial charge in [0.2, 0.25) is 11.8 Å². The van der Waals surface area contributed by atoms with E-state index in [1.165, 1.54) is 17.0 Å². The second kappa shape index (κ2) is 12.3. The summed E-state index contributed by atoms with van der Waals surface area (Å²) in [6, 6.07) is 27.4. The van der Waals surface area contributed by atoms with E-state index in [-0.39, 0.29) is 17.2 Å². The molecule has 1 aliphatic rings. The van der Waals surface area contributed by atoms with E-state index in [1.54, 1.807) is 66.7 Å². The fourth-order valence-corrected chi connectivity index (χ4v) is 5.70. The first-order chi connectivity index (χ1) is 19.8. The van der Waals surface area contributed by atoms with Gasteiger partial charge in [0.15, 0.2) is 0 Å². The number of benzene rings is 4. The van der Waals surface area contributed by atoms with Crippen molar-refractivity contribution in [3.05, 3.63) is 108 Å². The highest BCUT2D eigenvalue weighted by Crippen LogP contribution is 2.21. The van der Waals surface area contributed by atoms with Crippen LogP contribution < -0.4 is 10.0 Å². The molecule has 4 aromatic rings. The molecule has 9 nitrogen and oxygen atoms in total. The molecule has 210 valence electrons. The number of nitrogens with zero attached hydrogens (tertiary/aromatic N) is 1. The van der Waals surface area contributed by atoms with Crippen molar-refractivity contribution in [1.82, 2.24) is 9.62 Å². The van der Waals surface area contributed by atoms with Gasteiger partial charge in [0, 0.05) is 24.3 Å². The third-order valence-corrected chi connectivity index (χ3v) is 8.24. The van der Waals surface area contributed by atoms with Crippen molar-refractivity contribution in [3.8, 4) is 0 Å². The maximum atomic E-state index is 13.5. The minimum absolute atomic E-state index is 0.0256. The van der Waals surface area contributed by atoms with Crippen LogP contribution in [0.1, 0.15) is 15.9 Å². The molecule has 1 saturated heterocycles. The highest BCUT2D eigenvalue weighted by molar-refractivity contribution is 7.90. The molecule has 0 spiro atoms. The minimum Gasteiger partial charge on any atom is -0.378 e. The van der Waals surface area contributed by atoms with Crippen molar-refractivity contribution in [2.75, 3.05) is 31.6 Å². The monoisotopic (exact) mass is 571 g/mol. The van der Waals surface area contributed by atoms with Crippen LogP contribution in [0.5, 0.6) is 0 Å². The SMILES string of the molecule is O=C(Nc1ccc(CC(C(=O)NS(=O)(=O)c2ccc3ccccc3c2)C(=O)N2CCOCC2)cc1)c1ccccc1. The van der Waals surface area contributed by atoms with Gasteiger partial charge in [-0.1, -0.05) is 60.7 Å². The summed E-state index contributed by atoms with van der Waals surface area (Å²) < 4.78 is 33.8. The lowest BCUT2D eigenvalue weighted by Crippen LogP contribution is -2.49. The van der Waals surface area contributed by atoms with Crippen LogP contribution >= 0.6 is 0 Å². The summed E-state index contributed by atoms with van der Waals surface area (Å²) in [5.41, 5.74) is 1.69. The zero-order valence-electron chi connectivity index (χ0n) is 22.2.